The Labute approximate surface area is 126 Å². The van der Waals surface area contributed by atoms with E-state index in [9.17, 15) is 13.6 Å². The summed E-state index contributed by atoms with van der Waals surface area (Å²) in [6, 6.07) is 3.01. The highest BCUT2D eigenvalue weighted by Crippen LogP contribution is 2.26. The van der Waals surface area contributed by atoms with Crippen LogP contribution in [0.4, 0.5) is 8.78 Å². The summed E-state index contributed by atoms with van der Waals surface area (Å²) in [5, 5.41) is 2.68. The first-order valence-corrected chi connectivity index (χ1v) is 7.28. The minimum atomic E-state index is -2.61. The highest BCUT2D eigenvalue weighted by Gasteiger charge is 2.16. The Kier molecular flexibility index (Phi) is 8.88. The quantitative estimate of drug-likeness (QED) is 0.529. The van der Waals surface area contributed by atoms with Crippen molar-refractivity contribution in [3.8, 4) is 0 Å². The summed E-state index contributed by atoms with van der Waals surface area (Å²) in [6.07, 6.45) is 2.01. The summed E-state index contributed by atoms with van der Waals surface area (Å²) in [6.45, 7) is 1.92. The number of carbonyl (C=O) groups is 1. The third kappa shape index (κ3) is 7.35. The molecule has 0 aromatic carbocycles. The Morgan fingerprint density at radius 2 is 2.24 bits per heavy atom. The Bertz CT molecular complexity index is 436. The average Bonchev–Trinajstić information content (AvgIpc) is 2.46. The summed E-state index contributed by atoms with van der Waals surface area (Å²) >= 11 is 0.262. The lowest BCUT2D eigenvalue weighted by molar-refractivity contribution is 0.0688. The van der Waals surface area contributed by atoms with Crippen molar-refractivity contribution in [1.29, 1.82) is 0 Å². The molecule has 0 aliphatic carbocycles. The number of amides is 1. The molecule has 118 valence electrons. The zero-order chi connectivity index (χ0) is 15.5. The van der Waals surface area contributed by atoms with Crippen LogP contribution in [0.25, 0.3) is 0 Å². The van der Waals surface area contributed by atoms with Crippen molar-refractivity contribution in [2.24, 2.45) is 0 Å². The molecule has 1 heterocycles. The fraction of sp³-hybridized carbons (Fsp3) is 0.538. The number of carbonyl (C=O) groups excluding carboxylic acids is 1. The molecule has 0 bridgehead atoms. The predicted octanol–water partition coefficient (Wildman–Crippen LogP) is 2.18. The molecule has 1 rings (SSSR count). The molecular weight excluding hydrogens is 302 g/mol. The van der Waals surface area contributed by atoms with E-state index in [1.807, 2.05) is 0 Å². The van der Waals surface area contributed by atoms with Crippen LogP contribution in [0.3, 0.4) is 0 Å². The molecular formula is C13H18F2N2O3S. The largest absolute Gasteiger partial charge is 0.382 e. The van der Waals surface area contributed by atoms with Crippen LogP contribution in [-0.4, -0.2) is 50.1 Å². The van der Waals surface area contributed by atoms with Crippen LogP contribution in [0.2, 0.25) is 0 Å². The third-order valence-corrected chi connectivity index (χ3v) is 3.13. The maximum Gasteiger partial charge on any atom is 0.290 e. The van der Waals surface area contributed by atoms with Gasteiger partial charge >= 0.3 is 0 Å². The van der Waals surface area contributed by atoms with E-state index in [1.165, 1.54) is 18.3 Å². The number of ether oxygens (including phenoxy) is 2. The number of rotatable bonds is 10. The van der Waals surface area contributed by atoms with Crippen LogP contribution in [-0.2, 0) is 9.47 Å². The zero-order valence-electron chi connectivity index (χ0n) is 11.7. The SMILES string of the molecule is COCCOCCCNC(=O)c1cccnc1SC(F)F. The summed E-state index contributed by atoms with van der Waals surface area (Å²) in [7, 11) is 1.59. The molecule has 1 amide bonds. The Morgan fingerprint density at radius 3 is 2.95 bits per heavy atom. The van der Waals surface area contributed by atoms with E-state index >= 15 is 0 Å². The number of aromatic nitrogens is 1. The van der Waals surface area contributed by atoms with Crippen molar-refractivity contribution in [3.05, 3.63) is 23.9 Å². The van der Waals surface area contributed by atoms with Crippen LogP contribution in [0.1, 0.15) is 16.8 Å². The number of halogens is 2. The second-order valence-corrected chi connectivity index (χ2v) is 4.93. The first-order valence-electron chi connectivity index (χ1n) is 6.40. The van der Waals surface area contributed by atoms with Gasteiger partial charge in [-0.3, -0.25) is 4.79 Å². The van der Waals surface area contributed by atoms with Crippen LogP contribution in [0.5, 0.6) is 0 Å². The van der Waals surface area contributed by atoms with E-state index in [0.29, 0.717) is 32.8 Å². The summed E-state index contributed by atoms with van der Waals surface area (Å²) in [4.78, 5) is 15.7. The molecule has 0 saturated carbocycles. The van der Waals surface area contributed by atoms with Gasteiger partial charge in [-0.05, 0) is 30.3 Å². The molecule has 0 aliphatic rings. The van der Waals surface area contributed by atoms with E-state index in [4.69, 9.17) is 9.47 Å². The van der Waals surface area contributed by atoms with Gasteiger partial charge in [-0.25, -0.2) is 4.98 Å². The van der Waals surface area contributed by atoms with Gasteiger partial charge in [0, 0.05) is 26.5 Å². The van der Waals surface area contributed by atoms with Crippen LogP contribution >= 0.6 is 11.8 Å². The molecule has 0 saturated heterocycles. The van der Waals surface area contributed by atoms with Crippen molar-refractivity contribution in [3.63, 3.8) is 0 Å². The molecule has 1 aromatic rings. The van der Waals surface area contributed by atoms with Crippen molar-refractivity contribution < 1.29 is 23.0 Å². The van der Waals surface area contributed by atoms with Gasteiger partial charge in [-0.15, -0.1) is 0 Å². The summed E-state index contributed by atoms with van der Waals surface area (Å²) < 4.78 is 34.8. The van der Waals surface area contributed by atoms with Crippen LogP contribution in [0, 0.1) is 0 Å². The topological polar surface area (TPSA) is 60.5 Å². The molecule has 0 aliphatic heterocycles. The van der Waals surface area contributed by atoms with Gasteiger partial charge < -0.3 is 14.8 Å². The highest BCUT2D eigenvalue weighted by molar-refractivity contribution is 7.99. The van der Waals surface area contributed by atoms with E-state index in [2.05, 4.69) is 10.3 Å². The second kappa shape index (κ2) is 10.5. The molecule has 0 unspecified atom stereocenters. The number of pyridine rings is 1. The van der Waals surface area contributed by atoms with Gasteiger partial charge in [0.2, 0.25) is 0 Å². The first-order chi connectivity index (χ1) is 10.1. The van der Waals surface area contributed by atoms with Crippen molar-refractivity contribution in [2.75, 3.05) is 33.5 Å². The summed E-state index contributed by atoms with van der Waals surface area (Å²) in [5.74, 6) is -3.02. The molecule has 1 aromatic heterocycles. The third-order valence-electron chi connectivity index (χ3n) is 2.40. The lowest BCUT2D eigenvalue weighted by Gasteiger charge is -2.09. The van der Waals surface area contributed by atoms with E-state index in [0.717, 1.165) is 0 Å². The number of methoxy groups -OCH3 is 1. The van der Waals surface area contributed by atoms with Gasteiger partial charge in [0.25, 0.3) is 11.7 Å². The first kappa shape index (κ1) is 17.8. The number of nitrogens with zero attached hydrogens (tertiary/aromatic N) is 1. The predicted molar refractivity (Wildman–Crippen MR) is 75.7 cm³/mol. The second-order valence-electron chi connectivity index (χ2n) is 3.95. The van der Waals surface area contributed by atoms with E-state index in [-0.39, 0.29) is 22.4 Å². The Hall–Kier alpha value is -1.25. The smallest absolute Gasteiger partial charge is 0.290 e. The molecule has 5 nitrogen and oxygen atoms in total. The Balaban J connectivity index is 2.35. The van der Waals surface area contributed by atoms with Gasteiger partial charge in [0.1, 0.15) is 5.03 Å². The molecule has 0 radical (unpaired) electrons. The summed E-state index contributed by atoms with van der Waals surface area (Å²) in [5.41, 5.74) is 0.156. The number of hydrogen-bond donors (Lipinski definition) is 1. The lowest BCUT2D eigenvalue weighted by Crippen LogP contribution is -2.26. The minimum absolute atomic E-state index is 0.0290. The lowest BCUT2D eigenvalue weighted by atomic mass is 10.2. The maximum absolute atomic E-state index is 12.4. The average molecular weight is 320 g/mol. The Morgan fingerprint density at radius 1 is 1.43 bits per heavy atom. The number of thioether (sulfide) groups is 1. The normalized spacial score (nSPS) is 10.9. The molecule has 8 heteroatoms. The standard InChI is InChI=1S/C13H18F2N2O3S/c1-19-8-9-20-7-3-6-16-11(18)10-4-2-5-17-12(10)21-13(14)15/h2,4-5,13H,3,6-9H2,1H3,(H,16,18). The van der Waals surface area contributed by atoms with Gasteiger partial charge in [0.15, 0.2) is 0 Å². The van der Waals surface area contributed by atoms with Crippen LogP contribution < -0.4 is 5.32 Å². The van der Waals surface area contributed by atoms with Gasteiger partial charge in [0.05, 0.1) is 18.8 Å². The minimum Gasteiger partial charge on any atom is -0.382 e. The monoisotopic (exact) mass is 320 g/mol. The van der Waals surface area contributed by atoms with Crippen molar-refractivity contribution in [1.82, 2.24) is 10.3 Å². The molecule has 1 N–H and O–H groups in total. The molecule has 0 atom stereocenters. The molecule has 0 spiro atoms. The van der Waals surface area contributed by atoms with Gasteiger partial charge in [-0.2, -0.15) is 8.78 Å². The van der Waals surface area contributed by atoms with Crippen molar-refractivity contribution >= 4 is 17.7 Å². The van der Waals surface area contributed by atoms with E-state index < -0.39 is 11.7 Å². The zero-order valence-corrected chi connectivity index (χ0v) is 12.5. The van der Waals surface area contributed by atoms with E-state index in [1.54, 1.807) is 7.11 Å². The van der Waals surface area contributed by atoms with Crippen LogP contribution in [0.15, 0.2) is 23.4 Å². The maximum atomic E-state index is 12.4. The fourth-order valence-corrected chi connectivity index (χ4v) is 2.04. The fourth-order valence-electron chi connectivity index (χ4n) is 1.46. The highest BCUT2D eigenvalue weighted by atomic mass is 32.2. The number of nitrogens with one attached hydrogen (secondary N) is 1. The number of alkyl halides is 2. The number of hydrogen-bond acceptors (Lipinski definition) is 5. The molecule has 0 fully saturated rings. The molecule has 21 heavy (non-hydrogen) atoms. The van der Waals surface area contributed by atoms with Gasteiger partial charge in [-0.1, -0.05) is 0 Å². The van der Waals surface area contributed by atoms with Crippen molar-refractivity contribution in [2.45, 2.75) is 17.2 Å².